The van der Waals surface area contributed by atoms with Crippen LogP contribution < -0.4 is 5.32 Å². The molecule has 0 aliphatic carbocycles. The molecule has 2 amide bonds. The lowest BCUT2D eigenvalue weighted by atomic mass is 10.1. The smallest absolute Gasteiger partial charge is 0.318 e. The predicted octanol–water partition coefficient (Wildman–Crippen LogP) is 3.70. The number of carbonyl (C=O) groups excluding carboxylic acids is 1. The Kier molecular flexibility index (Phi) is 4.27. The normalized spacial score (nSPS) is 19.3. The van der Waals surface area contributed by atoms with Crippen LogP contribution in [0.2, 0.25) is 0 Å². The summed E-state index contributed by atoms with van der Waals surface area (Å²) in [6, 6.07) is 8.71. The Bertz CT molecular complexity index is 416. The molecule has 1 aliphatic rings. The molecule has 4 heteroatoms. The summed E-state index contributed by atoms with van der Waals surface area (Å²) in [5.74, 6) is 0. The molecule has 1 aromatic carbocycles. The number of benzene rings is 1. The molecule has 1 unspecified atom stereocenters. The molecule has 1 fully saturated rings. The fraction of sp³-hybridized carbons (Fsp3) is 0.500. The van der Waals surface area contributed by atoms with Crippen LogP contribution in [-0.2, 0) is 0 Å². The molecule has 2 rings (SSSR count). The topological polar surface area (TPSA) is 32.3 Å². The van der Waals surface area contributed by atoms with Gasteiger partial charge in [-0.2, -0.15) is 0 Å². The summed E-state index contributed by atoms with van der Waals surface area (Å²) < 4.78 is 1.07. The zero-order valence-corrected chi connectivity index (χ0v) is 12.4. The first-order chi connectivity index (χ1) is 8.58. The SMILES string of the molecule is CC(C)NC(=O)N1CCCC1c1ccc(Br)cc1. The van der Waals surface area contributed by atoms with Crippen molar-refractivity contribution in [2.24, 2.45) is 0 Å². The lowest BCUT2D eigenvalue weighted by Crippen LogP contribution is -2.42. The Morgan fingerprint density at radius 2 is 2.06 bits per heavy atom. The maximum Gasteiger partial charge on any atom is 0.318 e. The molecule has 18 heavy (non-hydrogen) atoms. The standard InChI is InChI=1S/C14H19BrN2O/c1-10(2)16-14(18)17-9-3-4-13(17)11-5-7-12(15)8-6-11/h5-8,10,13H,3-4,9H2,1-2H3,(H,16,18). The Balaban J connectivity index is 2.12. The average Bonchev–Trinajstić information content (AvgIpc) is 2.78. The summed E-state index contributed by atoms with van der Waals surface area (Å²) in [5, 5.41) is 2.97. The van der Waals surface area contributed by atoms with Gasteiger partial charge in [-0.1, -0.05) is 28.1 Å². The van der Waals surface area contributed by atoms with Crippen LogP contribution in [0.5, 0.6) is 0 Å². The second-order valence-corrected chi connectivity index (χ2v) is 5.92. The number of nitrogens with zero attached hydrogens (tertiary/aromatic N) is 1. The lowest BCUT2D eigenvalue weighted by Gasteiger charge is -2.26. The van der Waals surface area contributed by atoms with E-state index in [1.54, 1.807) is 0 Å². The highest BCUT2D eigenvalue weighted by Gasteiger charge is 2.29. The predicted molar refractivity (Wildman–Crippen MR) is 76.5 cm³/mol. The van der Waals surface area contributed by atoms with Crippen molar-refractivity contribution in [3.8, 4) is 0 Å². The van der Waals surface area contributed by atoms with E-state index in [0.29, 0.717) is 0 Å². The molecule has 0 bridgehead atoms. The number of amides is 2. The van der Waals surface area contributed by atoms with Crippen LogP contribution in [-0.4, -0.2) is 23.5 Å². The summed E-state index contributed by atoms with van der Waals surface area (Å²) >= 11 is 3.44. The van der Waals surface area contributed by atoms with E-state index in [0.717, 1.165) is 23.9 Å². The molecule has 1 N–H and O–H groups in total. The van der Waals surface area contributed by atoms with E-state index in [1.165, 1.54) is 5.56 Å². The van der Waals surface area contributed by atoms with Gasteiger partial charge >= 0.3 is 6.03 Å². The third kappa shape index (κ3) is 3.05. The zero-order chi connectivity index (χ0) is 13.1. The second-order valence-electron chi connectivity index (χ2n) is 5.01. The third-order valence-electron chi connectivity index (χ3n) is 3.18. The van der Waals surface area contributed by atoms with E-state index in [-0.39, 0.29) is 18.1 Å². The second kappa shape index (κ2) is 5.74. The fourth-order valence-corrected chi connectivity index (χ4v) is 2.64. The molecule has 1 saturated heterocycles. The number of halogens is 1. The molecular formula is C14H19BrN2O. The number of rotatable bonds is 2. The Hall–Kier alpha value is -1.03. The molecule has 1 atom stereocenters. The van der Waals surface area contributed by atoms with Crippen molar-refractivity contribution in [1.29, 1.82) is 0 Å². The van der Waals surface area contributed by atoms with Gasteiger partial charge in [-0.3, -0.25) is 0 Å². The first-order valence-electron chi connectivity index (χ1n) is 6.40. The van der Waals surface area contributed by atoms with Crippen molar-refractivity contribution in [3.05, 3.63) is 34.3 Å². The van der Waals surface area contributed by atoms with E-state index in [2.05, 4.69) is 33.4 Å². The fourth-order valence-electron chi connectivity index (χ4n) is 2.37. The number of hydrogen-bond donors (Lipinski definition) is 1. The van der Waals surface area contributed by atoms with Crippen LogP contribution in [0.25, 0.3) is 0 Å². The van der Waals surface area contributed by atoms with E-state index >= 15 is 0 Å². The van der Waals surface area contributed by atoms with Gasteiger partial charge in [-0.05, 0) is 44.4 Å². The van der Waals surface area contributed by atoms with Crippen LogP contribution in [0, 0.1) is 0 Å². The zero-order valence-electron chi connectivity index (χ0n) is 10.8. The van der Waals surface area contributed by atoms with Crippen molar-refractivity contribution >= 4 is 22.0 Å². The highest BCUT2D eigenvalue weighted by molar-refractivity contribution is 9.10. The lowest BCUT2D eigenvalue weighted by molar-refractivity contribution is 0.190. The van der Waals surface area contributed by atoms with Crippen molar-refractivity contribution < 1.29 is 4.79 Å². The van der Waals surface area contributed by atoms with Gasteiger partial charge in [0.1, 0.15) is 0 Å². The third-order valence-corrected chi connectivity index (χ3v) is 3.71. The van der Waals surface area contributed by atoms with Gasteiger partial charge < -0.3 is 10.2 Å². The maximum atomic E-state index is 12.1. The first kappa shape index (κ1) is 13.4. The minimum atomic E-state index is 0.0513. The summed E-state index contributed by atoms with van der Waals surface area (Å²) in [5.41, 5.74) is 1.22. The Morgan fingerprint density at radius 1 is 1.39 bits per heavy atom. The molecule has 1 aromatic rings. The van der Waals surface area contributed by atoms with Crippen molar-refractivity contribution in [1.82, 2.24) is 10.2 Å². The van der Waals surface area contributed by atoms with Gasteiger partial charge in [0.25, 0.3) is 0 Å². The van der Waals surface area contributed by atoms with E-state index in [1.807, 2.05) is 30.9 Å². The summed E-state index contributed by atoms with van der Waals surface area (Å²) in [6.45, 7) is 4.82. The highest BCUT2D eigenvalue weighted by Crippen LogP contribution is 2.32. The molecule has 0 spiro atoms. The van der Waals surface area contributed by atoms with Crippen LogP contribution in [0.1, 0.15) is 38.3 Å². The molecule has 0 aromatic heterocycles. The van der Waals surface area contributed by atoms with Gasteiger partial charge in [0.05, 0.1) is 6.04 Å². The number of urea groups is 1. The van der Waals surface area contributed by atoms with Gasteiger partial charge in [0.15, 0.2) is 0 Å². The Morgan fingerprint density at radius 3 is 2.67 bits per heavy atom. The minimum absolute atomic E-state index is 0.0513. The van der Waals surface area contributed by atoms with Gasteiger partial charge in [-0.15, -0.1) is 0 Å². The summed E-state index contributed by atoms with van der Waals surface area (Å²) in [6.07, 6.45) is 2.12. The number of hydrogen-bond acceptors (Lipinski definition) is 1. The largest absolute Gasteiger partial charge is 0.336 e. The maximum absolute atomic E-state index is 12.1. The summed E-state index contributed by atoms with van der Waals surface area (Å²) in [7, 11) is 0. The molecular weight excluding hydrogens is 292 g/mol. The quantitative estimate of drug-likeness (QED) is 0.887. The van der Waals surface area contributed by atoms with Gasteiger partial charge in [0, 0.05) is 17.1 Å². The van der Waals surface area contributed by atoms with Crippen molar-refractivity contribution in [2.45, 2.75) is 38.8 Å². The summed E-state index contributed by atoms with van der Waals surface area (Å²) in [4.78, 5) is 14.1. The van der Waals surface area contributed by atoms with E-state index in [4.69, 9.17) is 0 Å². The van der Waals surface area contributed by atoms with Crippen LogP contribution >= 0.6 is 15.9 Å². The molecule has 0 saturated carbocycles. The van der Waals surface area contributed by atoms with Crippen molar-refractivity contribution in [2.75, 3.05) is 6.54 Å². The number of nitrogens with one attached hydrogen (secondary N) is 1. The van der Waals surface area contributed by atoms with Gasteiger partial charge in [-0.25, -0.2) is 4.79 Å². The molecule has 98 valence electrons. The van der Waals surface area contributed by atoms with Gasteiger partial charge in [0.2, 0.25) is 0 Å². The average molecular weight is 311 g/mol. The highest BCUT2D eigenvalue weighted by atomic mass is 79.9. The molecule has 0 radical (unpaired) electrons. The van der Waals surface area contributed by atoms with Crippen molar-refractivity contribution in [3.63, 3.8) is 0 Å². The van der Waals surface area contributed by atoms with Crippen LogP contribution in [0.3, 0.4) is 0 Å². The van der Waals surface area contributed by atoms with Crippen LogP contribution in [0.15, 0.2) is 28.7 Å². The van der Waals surface area contributed by atoms with E-state index in [9.17, 15) is 4.79 Å². The Labute approximate surface area is 117 Å². The first-order valence-corrected chi connectivity index (χ1v) is 7.20. The molecule has 3 nitrogen and oxygen atoms in total. The monoisotopic (exact) mass is 310 g/mol. The molecule has 1 aliphatic heterocycles. The molecule has 1 heterocycles. The minimum Gasteiger partial charge on any atom is -0.336 e. The van der Waals surface area contributed by atoms with Crippen LogP contribution in [0.4, 0.5) is 4.79 Å². The van der Waals surface area contributed by atoms with E-state index < -0.39 is 0 Å². The number of likely N-dealkylation sites (tertiary alicyclic amines) is 1. The number of carbonyl (C=O) groups is 1.